The number of likely N-dealkylation sites (tertiary alicyclic amines) is 2. The Kier molecular flexibility index (Phi) is 5.57. The maximum atomic E-state index is 13.4. The average molecular weight is 482 g/mol. The number of aliphatic hydroxyl groups excluding tert-OH is 1. The van der Waals surface area contributed by atoms with E-state index in [1.165, 1.54) is 0 Å². The SMILES string of the molecule is O=C1C(=O)N(CN2C[C@@H]3Cc4cccc(=O)n4[C@@H](C3)C2)[C@H](c2ccccc2)C1=C(O)c1ccccc1. The van der Waals surface area contributed by atoms with E-state index in [4.69, 9.17) is 0 Å². The van der Waals surface area contributed by atoms with Gasteiger partial charge in [0.25, 0.3) is 17.2 Å². The van der Waals surface area contributed by atoms with Crippen LogP contribution in [0.2, 0.25) is 0 Å². The minimum atomic E-state index is -0.691. The largest absolute Gasteiger partial charge is 0.507 e. The average Bonchev–Trinajstić information content (AvgIpc) is 3.14. The molecule has 1 amide bonds. The molecule has 0 spiro atoms. The third kappa shape index (κ3) is 3.76. The van der Waals surface area contributed by atoms with Crippen LogP contribution < -0.4 is 5.56 Å². The molecule has 0 aliphatic carbocycles. The topological polar surface area (TPSA) is 82.9 Å². The zero-order valence-corrected chi connectivity index (χ0v) is 19.8. The van der Waals surface area contributed by atoms with Crippen molar-refractivity contribution in [1.82, 2.24) is 14.4 Å². The number of carbonyl (C=O) groups excluding carboxylic acids is 2. The Morgan fingerprint density at radius 3 is 2.33 bits per heavy atom. The van der Waals surface area contributed by atoms with Crippen molar-refractivity contribution in [3.63, 3.8) is 0 Å². The number of piperidine rings is 1. The highest BCUT2D eigenvalue weighted by Gasteiger charge is 2.47. The van der Waals surface area contributed by atoms with E-state index in [0.29, 0.717) is 18.0 Å². The molecule has 2 aromatic carbocycles. The number of nitrogens with zero attached hydrogens (tertiary/aromatic N) is 3. The Morgan fingerprint density at radius 1 is 0.861 bits per heavy atom. The minimum Gasteiger partial charge on any atom is -0.507 e. The van der Waals surface area contributed by atoms with Crippen LogP contribution in [0, 0.1) is 5.92 Å². The Hall–Kier alpha value is -3.97. The zero-order chi connectivity index (χ0) is 24.8. The van der Waals surface area contributed by atoms with Gasteiger partial charge in [0.2, 0.25) is 0 Å². The third-order valence-electron chi connectivity index (χ3n) is 7.58. The molecule has 3 atom stereocenters. The van der Waals surface area contributed by atoms with E-state index in [9.17, 15) is 19.5 Å². The van der Waals surface area contributed by atoms with E-state index >= 15 is 0 Å². The first-order chi connectivity index (χ1) is 17.5. The summed E-state index contributed by atoms with van der Waals surface area (Å²) in [7, 11) is 0. The predicted molar refractivity (Wildman–Crippen MR) is 135 cm³/mol. The molecule has 4 heterocycles. The summed E-state index contributed by atoms with van der Waals surface area (Å²) in [6.45, 7) is 1.65. The van der Waals surface area contributed by atoms with Gasteiger partial charge in [-0.2, -0.15) is 0 Å². The summed E-state index contributed by atoms with van der Waals surface area (Å²) in [5.74, 6) is -1.08. The van der Waals surface area contributed by atoms with Gasteiger partial charge in [-0.05, 0) is 30.4 Å². The number of rotatable bonds is 4. The summed E-state index contributed by atoms with van der Waals surface area (Å²) in [5, 5.41) is 11.2. The number of aromatic nitrogens is 1. The highest BCUT2D eigenvalue weighted by molar-refractivity contribution is 6.46. The molecule has 0 radical (unpaired) electrons. The molecule has 7 nitrogen and oxygen atoms in total. The monoisotopic (exact) mass is 481 g/mol. The second-order valence-corrected chi connectivity index (χ2v) is 9.91. The van der Waals surface area contributed by atoms with Gasteiger partial charge in [-0.15, -0.1) is 0 Å². The number of ketones is 1. The molecule has 0 saturated carbocycles. The lowest BCUT2D eigenvalue weighted by Crippen LogP contribution is -2.52. The molecule has 0 unspecified atom stereocenters. The number of pyridine rings is 1. The van der Waals surface area contributed by atoms with Crippen LogP contribution in [0.3, 0.4) is 0 Å². The number of hydrogen-bond donors (Lipinski definition) is 1. The van der Waals surface area contributed by atoms with Crippen molar-refractivity contribution in [2.45, 2.75) is 24.9 Å². The summed E-state index contributed by atoms with van der Waals surface area (Å²) in [4.78, 5) is 43.0. The molecule has 1 aromatic heterocycles. The minimum absolute atomic E-state index is 0.00499. The van der Waals surface area contributed by atoms with Crippen LogP contribution in [-0.4, -0.2) is 50.9 Å². The van der Waals surface area contributed by atoms with Gasteiger partial charge >= 0.3 is 0 Å². The van der Waals surface area contributed by atoms with Crippen LogP contribution in [0.1, 0.15) is 35.3 Å². The van der Waals surface area contributed by atoms with Crippen LogP contribution >= 0.6 is 0 Å². The van der Waals surface area contributed by atoms with Crippen molar-refractivity contribution in [3.05, 3.63) is 112 Å². The molecule has 182 valence electrons. The Labute approximate surface area is 208 Å². The molecule has 3 aliphatic heterocycles. The molecule has 2 saturated heterocycles. The van der Waals surface area contributed by atoms with E-state index in [2.05, 4.69) is 4.90 Å². The first-order valence-electron chi connectivity index (χ1n) is 12.3. The van der Waals surface area contributed by atoms with E-state index in [-0.39, 0.29) is 29.6 Å². The number of hydrogen-bond acceptors (Lipinski definition) is 5. The van der Waals surface area contributed by atoms with Gasteiger partial charge in [-0.25, -0.2) is 0 Å². The van der Waals surface area contributed by atoms with Gasteiger partial charge in [0.05, 0.1) is 18.3 Å². The third-order valence-corrected chi connectivity index (χ3v) is 7.58. The maximum absolute atomic E-state index is 13.4. The van der Waals surface area contributed by atoms with Gasteiger partial charge in [0.1, 0.15) is 5.76 Å². The van der Waals surface area contributed by atoms with Crippen molar-refractivity contribution < 1.29 is 14.7 Å². The molecule has 2 bridgehead atoms. The lowest BCUT2D eigenvalue weighted by Gasteiger charge is -2.44. The van der Waals surface area contributed by atoms with E-state index in [1.54, 1.807) is 35.2 Å². The Balaban J connectivity index is 1.36. The van der Waals surface area contributed by atoms with Gasteiger partial charge in [0.15, 0.2) is 0 Å². The van der Waals surface area contributed by atoms with Gasteiger partial charge in [-0.3, -0.25) is 19.3 Å². The highest BCUT2D eigenvalue weighted by atomic mass is 16.3. The first kappa shape index (κ1) is 22.5. The van der Waals surface area contributed by atoms with Crippen LogP contribution in [0.15, 0.2) is 89.2 Å². The van der Waals surface area contributed by atoms with Crippen molar-refractivity contribution in [2.24, 2.45) is 5.92 Å². The molecule has 3 aromatic rings. The molecular weight excluding hydrogens is 454 g/mol. The fourth-order valence-corrected chi connectivity index (χ4v) is 6.12. The van der Waals surface area contributed by atoms with Gasteiger partial charge < -0.3 is 14.6 Å². The van der Waals surface area contributed by atoms with Crippen LogP contribution in [0.5, 0.6) is 0 Å². The summed E-state index contributed by atoms with van der Waals surface area (Å²) in [6, 6.07) is 23.0. The van der Waals surface area contributed by atoms with Crippen molar-refractivity contribution >= 4 is 17.4 Å². The van der Waals surface area contributed by atoms with Gasteiger partial charge in [-0.1, -0.05) is 66.7 Å². The standard InChI is InChI=1S/C29H27N3O4/c33-24-13-7-12-22-14-19-15-23(32(22)24)17-30(16-19)18-31-26(20-8-3-1-4-9-20)25(28(35)29(31)36)27(34)21-10-5-2-6-11-21/h1-13,19,23,26,34H,14-18H2/t19-,23+,26-/m1/s1. The number of fused-ring (bicyclic) bond motifs is 4. The zero-order valence-electron chi connectivity index (χ0n) is 19.8. The molecular formula is C29H27N3O4. The van der Waals surface area contributed by atoms with Crippen molar-refractivity contribution in [3.8, 4) is 0 Å². The van der Waals surface area contributed by atoms with Crippen LogP contribution in [-0.2, 0) is 16.0 Å². The van der Waals surface area contributed by atoms with Crippen molar-refractivity contribution in [2.75, 3.05) is 19.8 Å². The molecule has 6 rings (SSSR count). The summed E-state index contributed by atoms with van der Waals surface area (Å²) >= 11 is 0. The number of aliphatic hydroxyl groups is 1. The summed E-state index contributed by atoms with van der Waals surface area (Å²) in [5.41, 5.74) is 2.45. The predicted octanol–water partition coefficient (Wildman–Crippen LogP) is 3.35. The van der Waals surface area contributed by atoms with E-state index < -0.39 is 17.7 Å². The van der Waals surface area contributed by atoms with Crippen LogP contribution in [0.4, 0.5) is 0 Å². The number of amides is 1. The number of benzene rings is 2. The quantitative estimate of drug-likeness (QED) is 0.351. The summed E-state index contributed by atoms with van der Waals surface area (Å²) in [6.07, 6.45) is 1.75. The second kappa shape index (κ2) is 8.91. The second-order valence-electron chi connectivity index (χ2n) is 9.91. The lowest BCUT2D eigenvalue weighted by molar-refractivity contribution is -0.141. The lowest BCUT2D eigenvalue weighted by atomic mass is 9.86. The van der Waals surface area contributed by atoms with E-state index in [1.807, 2.05) is 53.1 Å². The summed E-state index contributed by atoms with van der Waals surface area (Å²) < 4.78 is 1.89. The fourth-order valence-electron chi connectivity index (χ4n) is 6.12. The number of Topliss-reactive ketones (excluding diaryl/α,β-unsaturated/α-hetero) is 1. The van der Waals surface area contributed by atoms with Crippen molar-refractivity contribution in [1.29, 1.82) is 0 Å². The van der Waals surface area contributed by atoms with Gasteiger partial charge in [0, 0.05) is 36.5 Å². The Bertz CT molecular complexity index is 1410. The highest BCUT2D eigenvalue weighted by Crippen LogP contribution is 2.40. The van der Waals surface area contributed by atoms with Crippen LogP contribution in [0.25, 0.3) is 5.76 Å². The molecule has 2 fully saturated rings. The Morgan fingerprint density at radius 2 is 1.58 bits per heavy atom. The fraction of sp³-hybridized carbons (Fsp3) is 0.276. The maximum Gasteiger partial charge on any atom is 0.296 e. The first-order valence-corrected chi connectivity index (χ1v) is 12.3. The number of carbonyl (C=O) groups is 2. The molecule has 3 aliphatic rings. The molecule has 1 N–H and O–H groups in total. The van der Waals surface area contributed by atoms with E-state index in [0.717, 1.165) is 30.6 Å². The molecule has 36 heavy (non-hydrogen) atoms. The molecule has 7 heteroatoms. The normalized spacial score (nSPS) is 25.1. The smallest absolute Gasteiger partial charge is 0.296 e.